The van der Waals surface area contributed by atoms with Crippen LogP contribution in [0.3, 0.4) is 0 Å². The smallest absolute Gasteiger partial charge is 0.140 e. The minimum Gasteiger partial charge on any atom is -0.391 e. The largest absolute Gasteiger partial charge is 0.391 e. The van der Waals surface area contributed by atoms with Crippen LogP contribution in [0.5, 0.6) is 0 Å². The fraction of sp³-hybridized carbons (Fsp3) is 0.643. The van der Waals surface area contributed by atoms with E-state index in [2.05, 4.69) is 20.1 Å². The maximum atomic E-state index is 10.2. The van der Waals surface area contributed by atoms with Crippen molar-refractivity contribution in [2.45, 2.75) is 39.5 Å². The molecule has 7 heteroatoms. The normalized spacial score (nSPS) is 23.0. The lowest BCUT2D eigenvalue weighted by molar-refractivity contribution is 0.137. The van der Waals surface area contributed by atoms with E-state index in [0.717, 1.165) is 43.3 Å². The summed E-state index contributed by atoms with van der Waals surface area (Å²) >= 11 is 0. The van der Waals surface area contributed by atoms with Crippen LogP contribution >= 0.6 is 0 Å². The zero-order valence-corrected chi connectivity index (χ0v) is 12.4. The van der Waals surface area contributed by atoms with Gasteiger partial charge in [-0.05, 0) is 13.8 Å². The minimum atomic E-state index is -0.339. The van der Waals surface area contributed by atoms with E-state index in [1.165, 1.54) is 0 Å². The Morgan fingerprint density at radius 2 is 2.29 bits per heavy atom. The van der Waals surface area contributed by atoms with Crippen LogP contribution in [0.15, 0.2) is 16.9 Å². The summed E-state index contributed by atoms with van der Waals surface area (Å²) in [7, 11) is 0. The van der Waals surface area contributed by atoms with Crippen molar-refractivity contribution in [2.24, 2.45) is 5.92 Å². The fourth-order valence-electron chi connectivity index (χ4n) is 2.92. The van der Waals surface area contributed by atoms with E-state index in [1.807, 2.05) is 24.6 Å². The molecular weight excluding hydrogens is 270 g/mol. The first-order chi connectivity index (χ1) is 10.2. The number of β-amino-alcohol motifs (C(OH)–C–C–N with tert-alkyl or cyclic N) is 1. The van der Waals surface area contributed by atoms with Crippen LogP contribution < -0.4 is 0 Å². The molecule has 1 aliphatic heterocycles. The summed E-state index contributed by atoms with van der Waals surface area (Å²) in [6.45, 7) is 6.98. The molecule has 21 heavy (non-hydrogen) atoms. The fourth-order valence-corrected chi connectivity index (χ4v) is 2.92. The number of nitrogens with zero attached hydrogens (tertiary/aromatic N) is 5. The second-order valence-corrected chi connectivity index (χ2v) is 5.65. The average Bonchev–Trinajstić information content (AvgIpc) is 3.13. The number of aliphatic hydroxyl groups is 1. The third-order valence-corrected chi connectivity index (χ3v) is 3.98. The third kappa shape index (κ3) is 3.14. The monoisotopic (exact) mass is 291 g/mol. The Labute approximate surface area is 123 Å². The molecule has 0 amide bonds. The van der Waals surface area contributed by atoms with Gasteiger partial charge in [-0.2, -0.15) is 5.10 Å². The Hall–Kier alpha value is -1.73. The van der Waals surface area contributed by atoms with Gasteiger partial charge in [0.1, 0.15) is 17.9 Å². The van der Waals surface area contributed by atoms with Crippen LogP contribution in [0, 0.1) is 12.8 Å². The highest BCUT2D eigenvalue weighted by atomic mass is 16.5. The lowest BCUT2D eigenvalue weighted by Gasteiger charge is -2.14. The van der Waals surface area contributed by atoms with Crippen LogP contribution in [0.1, 0.15) is 24.2 Å². The van der Waals surface area contributed by atoms with Gasteiger partial charge in [0.05, 0.1) is 18.3 Å². The first-order valence-corrected chi connectivity index (χ1v) is 7.35. The quantitative estimate of drug-likeness (QED) is 0.870. The Kier molecular flexibility index (Phi) is 4.03. The van der Waals surface area contributed by atoms with E-state index in [-0.39, 0.29) is 12.0 Å². The first kappa shape index (κ1) is 14.2. The molecule has 1 aliphatic rings. The van der Waals surface area contributed by atoms with E-state index in [0.29, 0.717) is 6.54 Å². The van der Waals surface area contributed by atoms with E-state index in [1.54, 1.807) is 6.33 Å². The second-order valence-electron chi connectivity index (χ2n) is 5.65. The summed E-state index contributed by atoms with van der Waals surface area (Å²) in [5.41, 5.74) is 0.880. The van der Waals surface area contributed by atoms with E-state index in [9.17, 15) is 5.11 Å². The Bertz CT molecular complexity index is 594. The second kappa shape index (κ2) is 5.95. The van der Waals surface area contributed by atoms with Crippen LogP contribution in [-0.2, 0) is 19.5 Å². The van der Waals surface area contributed by atoms with Crippen LogP contribution in [-0.4, -0.2) is 49.1 Å². The number of aliphatic hydroxyl groups excluding tert-OH is 1. The molecule has 2 aromatic heterocycles. The number of aryl methyl sites for hydroxylation is 2. The Balaban J connectivity index is 1.60. The predicted octanol–water partition coefficient (Wildman–Crippen LogP) is 0.630. The topological polar surface area (TPSA) is 80.2 Å². The number of aromatic nitrogens is 4. The lowest BCUT2D eigenvalue weighted by atomic mass is 10.0. The molecule has 0 bridgehead atoms. The molecule has 3 rings (SSSR count). The molecule has 114 valence electrons. The number of likely N-dealkylation sites (tertiary alicyclic amines) is 1. The van der Waals surface area contributed by atoms with Crippen molar-refractivity contribution >= 4 is 0 Å². The maximum Gasteiger partial charge on any atom is 0.140 e. The molecule has 0 saturated carbocycles. The number of rotatable bonds is 5. The van der Waals surface area contributed by atoms with Crippen molar-refractivity contribution in [1.82, 2.24) is 24.8 Å². The molecule has 2 aromatic rings. The van der Waals surface area contributed by atoms with Gasteiger partial charge < -0.3 is 9.63 Å². The van der Waals surface area contributed by atoms with Crippen molar-refractivity contribution in [3.63, 3.8) is 0 Å². The molecule has 0 spiro atoms. The molecule has 2 atom stereocenters. The third-order valence-electron chi connectivity index (χ3n) is 3.98. The predicted molar refractivity (Wildman–Crippen MR) is 75.4 cm³/mol. The van der Waals surface area contributed by atoms with Crippen molar-refractivity contribution in [1.29, 1.82) is 0 Å². The molecule has 0 aromatic carbocycles. The standard InChI is InChI=1S/C14H21N5O2/c1-3-19-14(15-9-16-19)8-18-6-11(13(20)7-18)5-12-4-10(2)17-21-12/h4,9,11,13,20H,3,5-8H2,1-2H3/t11-,13-/m1/s1. The highest BCUT2D eigenvalue weighted by Gasteiger charge is 2.32. The molecule has 0 radical (unpaired) electrons. The molecule has 0 aliphatic carbocycles. The first-order valence-electron chi connectivity index (χ1n) is 7.35. The SMILES string of the molecule is CCn1ncnc1CN1C[C@@H](Cc2cc(C)no2)[C@H](O)C1. The van der Waals surface area contributed by atoms with Crippen LogP contribution in [0.25, 0.3) is 0 Å². The average molecular weight is 291 g/mol. The summed E-state index contributed by atoms with van der Waals surface area (Å²) in [4.78, 5) is 6.50. The zero-order valence-electron chi connectivity index (χ0n) is 12.4. The molecule has 0 unspecified atom stereocenters. The van der Waals surface area contributed by atoms with Crippen molar-refractivity contribution in [3.05, 3.63) is 29.7 Å². The molecule has 7 nitrogen and oxygen atoms in total. The van der Waals surface area contributed by atoms with Crippen molar-refractivity contribution in [3.8, 4) is 0 Å². The Morgan fingerprint density at radius 3 is 3.00 bits per heavy atom. The van der Waals surface area contributed by atoms with Gasteiger partial charge in [0, 0.05) is 38.0 Å². The van der Waals surface area contributed by atoms with Gasteiger partial charge in [-0.25, -0.2) is 9.67 Å². The summed E-state index contributed by atoms with van der Waals surface area (Å²) in [6.07, 6.45) is 1.97. The number of hydrogen-bond acceptors (Lipinski definition) is 6. The molecule has 1 saturated heterocycles. The number of hydrogen-bond donors (Lipinski definition) is 1. The van der Waals surface area contributed by atoms with Crippen LogP contribution in [0.4, 0.5) is 0 Å². The molecule has 3 heterocycles. The van der Waals surface area contributed by atoms with Crippen molar-refractivity contribution in [2.75, 3.05) is 13.1 Å². The van der Waals surface area contributed by atoms with Gasteiger partial charge >= 0.3 is 0 Å². The highest BCUT2D eigenvalue weighted by Crippen LogP contribution is 2.23. The van der Waals surface area contributed by atoms with Gasteiger partial charge in [0.15, 0.2) is 0 Å². The van der Waals surface area contributed by atoms with Gasteiger partial charge in [0.2, 0.25) is 0 Å². The summed E-state index contributed by atoms with van der Waals surface area (Å²) in [6, 6.07) is 1.93. The lowest BCUT2D eigenvalue weighted by Crippen LogP contribution is -2.23. The minimum absolute atomic E-state index is 0.176. The van der Waals surface area contributed by atoms with E-state index < -0.39 is 0 Å². The van der Waals surface area contributed by atoms with Gasteiger partial charge in [-0.1, -0.05) is 5.16 Å². The van der Waals surface area contributed by atoms with Gasteiger partial charge in [0.25, 0.3) is 0 Å². The maximum absolute atomic E-state index is 10.2. The summed E-state index contributed by atoms with van der Waals surface area (Å²) < 4.78 is 7.13. The molecular formula is C14H21N5O2. The van der Waals surface area contributed by atoms with E-state index >= 15 is 0 Å². The van der Waals surface area contributed by atoms with E-state index in [4.69, 9.17) is 4.52 Å². The van der Waals surface area contributed by atoms with Crippen LogP contribution in [0.2, 0.25) is 0 Å². The summed E-state index contributed by atoms with van der Waals surface area (Å²) in [5.74, 6) is 1.96. The molecule has 1 N–H and O–H groups in total. The highest BCUT2D eigenvalue weighted by molar-refractivity contribution is 5.05. The summed E-state index contributed by atoms with van der Waals surface area (Å²) in [5, 5.41) is 18.3. The van der Waals surface area contributed by atoms with Gasteiger partial charge in [-0.15, -0.1) is 0 Å². The van der Waals surface area contributed by atoms with Crippen molar-refractivity contribution < 1.29 is 9.63 Å². The molecule has 1 fully saturated rings. The van der Waals surface area contributed by atoms with Gasteiger partial charge in [-0.3, -0.25) is 4.90 Å². The Morgan fingerprint density at radius 1 is 1.43 bits per heavy atom. The zero-order chi connectivity index (χ0) is 14.8.